The van der Waals surface area contributed by atoms with Crippen LogP contribution in [0.2, 0.25) is 0 Å². The lowest BCUT2D eigenvalue weighted by Crippen LogP contribution is -2.23. The van der Waals surface area contributed by atoms with Crippen LogP contribution in [-0.4, -0.2) is 30.7 Å². The maximum Gasteiger partial charge on any atom is 0.345 e. The smallest absolute Gasteiger partial charge is 0.345 e. The van der Waals surface area contributed by atoms with Crippen molar-refractivity contribution in [1.82, 2.24) is 5.32 Å². The zero-order valence-corrected chi connectivity index (χ0v) is 15.2. The lowest BCUT2D eigenvalue weighted by Gasteiger charge is -2.14. The third kappa shape index (κ3) is 5.22. The average molecular weight is 363 g/mol. The molecule has 0 radical (unpaired) electrons. The van der Waals surface area contributed by atoms with Crippen LogP contribution in [-0.2, 0) is 6.54 Å². The first-order chi connectivity index (χ1) is 11.9. The second kappa shape index (κ2) is 8.53. The molecule has 0 fully saturated rings. The molecule has 1 amide bonds. The number of nitrogens with one attached hydrogen (secondary N) is 1. The summed E-state index contributed by atoms with van der Waals surface area (Å²) in [6.07, 6.45) is 0. The lowest BCUT2D eigenvalue weighted by atomic mass is 10.1. The minimum absolute atomic E-state index is 0.245. The SMILES string of the molecule is COc1ccc(C(=O)NCc2ccc(C(=O)O)s2)c(OCC(C)C)c1. The summed E-state index contributed by atoms with van der Waals surface area (Å²) in [7, 11) is 1.55. The van der Waals surface area contributed by atoms with E-state index in [9.17, 15) is 9.59 Å². The van der Waals surface area contributed by atoms with Crippen molar-refractivity contribution in [3.63, 3.8) is 0 Å². The van der Waals surface area contributed by atoms with Crippen LogP contribution < -0.4 is 14.8 Å². The summed E-state index contributed by atoms with van der Waals surface area (Å²) < 4.78 is 10.9. The van der Waals surface area contributed by atoms with Crippen molar-refractivity contribution < 1.29 is 24.2 Å². The number of carbonyl (C=O) groups is 2. The van der Waals surface area contributed by atoms with Crippen molar-refractivity contribution in [3.8, 4) is 11.5 Å². The number of ether oxygens (including phenoxy) is 2. The first-order valence-corrected chi connectivity index (χ1v) is 8.63. The molecule has 134 valence electrons. The number of aromatic carboxylic acids is 1. The summed E-state index contributed by atoms with van der Waals surface area (Å²) >= 11 is 1.14. The van der Waals surface area contributed by atoms with Gasteiger partial charge >= 0.3 is 5.97 Å². The minimum atomic E-state index is -0.970. The summed E-state index contributed by atoms with van der Waals surface area (Å²) in [4.78, 5) is 24.4. The Kier molecular flexibility index (Phi) is 6.41. The van der Waals surface area contributed by atoms with E-state index in [4.69, 9.17) is 14.6 Å². The van der Waals surface area contributed by atoms with E-state index in [1.165, 1.54) is 6.07 Å². The molecule has 1 heterocycles. The number of rotatable bonds is 8. The van der Waals surface area contributed by atoms with Crippen molar-refractivity contribution in [1.29, 1.82) is 0 Å². The molecule has 2 N–H and O–H groups in total. The van der Waals surface area contributed by atoms with Gasteiger partial charge in [0.2, 0.25) is 0 Å². The first kappa shape index (κ1) is 18.8. The molecule has 6 nitrogen and oxygen atoms in total. The number of benzene rings is 1. The number of carboxylic acid groups (broad SMARTS) is 1. The van der Waals surface area contributed by atoms with E-state index in [1.54, 1.807) is 31.4 Å². The summed E-state index contributed by atoms with van der Waals surface area (Å²) in [5.41, 5.74) is 0.413. The second-order valence-corrected chi connectivity index (χ2v) is 6.99. The Labute approximate surface area is 150 Å². The zero-order valence-electron chi connectivity index (χ0n) is 14.4. The van der Waals surface area contributed by atoms with Gasteiger partial charge in [-0.15, -0.1) is 11.3 Å². The van der Waals surface area contributed by atoms with Gasteiger partial charge in [-0.05, 0) is 30.2 Å². The van der Waals surface area contributed by atoms with Crippen LogP contribution in [0.15, 0.2) is 30.3 Å². The highest BCUT2D eigenvalue weighted by molar-refractivity contribution is 7.13. The van der Waals surface area contributed by atoms with Gasteiger partial charge < -0.3 is 19.9 Å². The van der Waals surface area contributed by atoms with Gasteiger partial charge in [0.25, 0.3) is 5.91 Å². The van der Waals surface area contributed by atoms with Crippen molar-refractivity contribution in [2.75, 3.05) is 13.7 Å². The Bertz CT molecular complexity index is 754. The topological polar surface area (TPSA) is 84.9 Å². The predicted molar refractivity (Wildman–Crippen MR) is 95.8 cm³/mol. The Morgan fingerprint density at radius 3 is 2.60 bits per heavy atom. The van der Waals surface area contributed by atoms with E-state index < -0.39 is 5.97 Å². The number of thiophene rings is 1. The second-order valence-electron chi connectivity index (χ2n) is 5.82. The molecule has 0 aliphatic heterocycles. The Morgan fingerprint density at radius 1 is 1.24 bits per heavy atom. The van der Waals surface area contributed by atoms with Crippen LogP contribution in [0.1, 0.15) is 38.8 Å². The van der Waals surface area contributed by atoms with Gasteiger partial charge in [-0.3, -0.25) is 4.79 Å². The van der Waals surface area contributed by atoms with E-state index in [0.29, 0.717) is 29.6 Å². The zero-order chi connectivity index (χ0) is 18.4. The number of hydrogen-bond acceptors (Lipinski definition) is 5. The van der Waals surface area contributed by atoms with Crippen LogP contribution in [0.5, 0.6) is 11.5 Å². The number of carbonyl (C=O) groups excluding carboxylic acids is 1. The molecule has 0 spiro atoms. The molecule has 0 bridgehead atoms. The third-order valence-corrected chi connectivity index (χ3v) is 4.37. The van der Waals surface area contributed by atoms with Gasteiger partial charge in [-0.2, -0.15) is 0 Å². The number of methoxy groups -OCH3 is 1. The normalized spacial score (nSPS) is 10.6. The van der Waals surface area contributed by atoms with E-state index >= 15 is 0 Å². The fraction of sp³-hybridized carbons (Fsp3) is 0.333. The third-order valence-electron chi connectivity index (χ3n) is 3.30. The summed E-state index contributed by atoms with van der Waals surface area (Å²) in [6.45, 7) is 4.79. The van der Waals surface area contributed by atoms with E-state index in [1.807, 2.05) is 13.8 Å². The van der Waals surface area contributed by atoms with E-state index in [-0.39, 0.29) is 17.3 Å². The van der Waals surface area contributed by atoms with Gasteiger partial charge in [-0.25, -0.2) is 4.79 Å². The number of carboxylic acids is 1. The quantitative estimate of drug-likeness (QED) is 0.751. The van der Waals surface area contributed by atoms with Gasteiger partial charge in [-0.1, -0.05) is 13.8 Å². The largest absolute Gasteiger partial charge is 0.497 e. The predicted octanol–water partition coefficient (Wildman–Crippen LogP) is 3.42. The minimum Gasteiger partial charge on any atom is -0.497 e. The molecule has 1 aromatic heterocycles. The van der Waals surface area contributed by atoms with E-state index in [2.05, 4.69) is 5.32 Å². The van der Waals surface area contributed by atoms with Gasteiger partial charge in [0, 0.05) is 10.9 Å². The molecule has 0 unspecified atom stereocenters. The average Bonchev–Trinajstić information content (AvgIpc) is 3.06. The van der Waals surface area contributed by atoms with Crippen molar-refractivity contribution in [2.24, 2.45) is 5.92 Å². The molecule has 0 saturated carbocycles. The number of amides is 1. The molecule has 25 heavy (non-hydrogen) atoms. The molecule has 0 aliphatic carbocycles. The highest BCUT2D eigenvalue weighted by Crippen LogP contribution is 2.26. The van der Waals surface area contributed by atoms with Gasteiger partial charge in [0.15, 0.2) is 0 Å². The molecule has 2 aromatic rings. The standard InChI is InChI=1S/C18H21NO5S/c1-11(2)10-24-15-8-12(23-3)4-6-14(15)17(20)19-9-13-5-7-16(25-13)18(21)22/h4-8,11H,9-10H2,1-3H3,(H,19,20)(H,21,22). The van der Waals surface area contributed by atoms with Gasteiger partial charge in [0.05, 0.1) is 25.8 Å². The Balaban J connectivity index is 2.09. The monoisotopic (exact) mass is 363 g/mol. The first-order valence-electron chi connectivity index (χ1n) is 7.81. The molecule has 2 rings (SSSR count). The maximum atomic E-state index is 12.5. The van der Waals surface area contributed by atoms with Crippen molar-refractivity contribution in [2.45, 2.75) is 20.4 Å². The van der Waals surface area contributed by atoms with Crippen LogP contribution in [0.4, 0.5) is 0 Å². The molecule has 7 heteroatoms. The molecule has 0 aliphatic rings. The van der Waals surface area contributed by atoms with Crippen LogP contribution in [0, 0.1) is 5.92 Å². The fourth-order valence-electron chi connectivity index (χ4n) is 2.04. The van der Waals surface area contributed by atoms with Crippen LogP contribution >= 0.6 is 11.3 Å². The van der Waals surface area contributed by atoms with Crippen LogP contribution in [0.3, 0.4) is 0 Å². The summed E-state index contributed by atoms with van der Waals surface area (Å²) in [5, 5.41) is 11.7. The maximum absolute atomic E-state index is 12.5. The molecule has 0 atom stereocenters. The molecular weight excluding hydrogens is 342 g/mol. The Hall–Kier alpha value is -2.54. The summed E-state index contributed by atoms with van der Waals surface area (Å²) in [5.74, 6) is 0.138. The molecule has 1 aromatic carbocycles. The fourth-order valence-corrected chi connectivity index (χ4v) is 2.83. The van der Waals surface area contributed by atoms with Gasteiger partial charge in [0.1, 0.15) is 16.4 Å². The van der Waals surface area contributed by atoms with E-state index in [0.717, 1.165) is 16.2 Å². The van der Waals surface area contributed by atoms with Crippen molar-refractivity contribution in [3.05, 3.63) is 45.6 Å². The highest BCUT2D eigenvalue weighted by atomic mass is 32.1. The van der Waals surface area contributed by atoms with Crippen LogP contribution in [0.25, 0.3) is 0 Å². The molecule has 0 saturated heterocycles. The number of hydrogen-bond donors (Lipinski definition) is 2. The van der Waals surface area contributed by atoms with Crippen molar-refractivity contribution >= 4 is 23.2 Å². The molecular formula is C18H21NO5S. The highest BCUT2D eigenvalue weighted by Gasteiger charge is 2.15. The lowest BCUT2D eigenvalue weighted by molar-refractivity contribution is 0.0702. The Morgan fingerprint density at radius 2 is 2.00 bits per heavy atom. The summed E-state index contributed by atoms with van der Waals surface area (Å²) in [6, 6.07) is 8.26.